The Balaban J connectivity index is 1.26. The molecule has 8 nitrogen and oxygen atoms in total. The second kappa shape index (κ2) is 10.4. The first-order valence-electron chi connectivity index (χ1n) is 12.4. The lowest BCUT2D eigenvalue weighted by atomic mass is 10.1. The number of pyridine rings is 1. The zero-order valence-corrected chi connectivity index (χ0v) is 22.6. The highest BCUT2D eigenvalue weighted by Crippen LogP contribution is 2.32. The zero-order valence-electron chi connectivity index (χ0n) is 21.8. The van der Waals surface area contributed by atoms with Gasteiger partial charge in [-0.15, -0.1) is 18.3 Å². The van der Waals surface area contributed by atoms with E-state index in [9.17, 15) is 18.0 Å². The van der Waals surface area contributed by atoms with Crippen LogP contribution < -0.4 is 9.64 Å². The molecule has 1 fully saturated rings. The van der Waals surface area contributed by atoms with Gasteiger partial charge in [-0.3, -0.25) is 14.3 Å². The number of benzene rings is 3. The van der Waals surface area contributed by atoms with Crippen molar-refractivity contribution < 1.29 is 22.7 Å². The normalized spacial score (nSPS) is 15.2. The number of thioether (sulfide) groups is 1. The van der Waals surface area contributed by atoms with E-state index in [0.717, 1.165) is 27.7 Å². The van der Waals surface area contributed by atoms with Gasteiger partial charge >= 0.3 is 6.36 Å². The maximum absolute atomic E-state index is 12.6. The molecule has 0 N–H and O–H groups in total. The van der Waals surface area contributed by atoms with Gasteiger partial charge in [0.05, 0.1) is 39.9 Å². The molecule has 0 radical (unpaired) electrons. The molecule has 5 aromatic rings. The molecule has 41 heavy (non-hydrogen) atoms. The van der Waals surface area contributed by atoms with Crippen molar-refractivity contribution in [1.82, 2.24) is 14.5 Å². The number of nitrogens with zero attached hydrogens (tertiary/aromatic N) is 6. The Bertz CT molecular complexity index is 1840. The number of aryl methyl sites for hydroxylation is 2. The van der Waals surface area contributed by atoms with Crippen LogP contribution in [-0.2, 0) is 4.79 Å². The lowest BCUT2D eigenvalue weighted by Crippen LogP contribution is -2.30. The first-order chi connectivity index (χ1) is 19.7. The van der Waals surface area contributed by atoms with E-state index in [-0.39, 0.29) is 11.7 Å². The number of aromatic nitrogens is 3. The summed E-state index contributed by atoms with van der Waals surface area (Å²) in [5.41, 5.74) is 6.16. The highest BCUT2D eigenvalue weighted by molar-refractivity contribution is 8.15. The van der Waals surface area contributed by atoms with Crippen molar-refractivity contribution in [2.75, 3.05) is 10.7 Å². The van der Waals surface area contributed by atoms with E-state index in [0.29, 0.717) is 33.3 Å². The Morgan fingerprint density at radius 2 is 1.76 bits per heavy atom. The summed E-state index contributed by atoms with van der Waals surface area (Å²) in [5.74, 6) is -0.0419. The lowest BCUT2D eigenvalue weighted by Gasteiger charge is -2.20. The Morgan fingerprint density at radius 1 is 1.00 bits per heavy atom. The van der Waals surface area contributed by atoms with E-state index < -0.39 is 6.36 Å². The van der Waals surface area contributed by atoms with E-state index in [1.807, 2.05) is 50.2 Å². The van der Waals surface area contributed by atoms with Gasteiger partial charge in [0.25, 0.3) is 0 Å². The van der Waals surface area contributed by atoms with Gasteiger partial charge in [0.15, 0.2) is 5.17 Å². The van der Waals surface area contributed by atoms with Crippen molar-refractivity contribution in [3.05, 3.63) is 89.9 Å². The third-order valence-electron chi connectivity index (χ3n) is 6.52. The molecule has 0 spiro atoms. The third kappa shape index (κ3) is 5.25. The fourth-order valence-electron chi connectivity index (χ4n) is 4.74. The molecule has 12 heteroatoms. The summed E-state index contributed by atoms with van der Waals surface area (Å²) in [6, 6.07) is 18.8. The van der Waals surface area contributed by atoms with Crippen LogP contribution in [0.25, 0.3) is 27.6 Å². The second-order valence-electron chi connectivity index (χ2n) is 9.28. The van der Waals surface area contributed by atoms with Crippen LogP contribution in [0.1, 0.15) is 16.8 Å². The Hall–Kier alpha value is -4.71. The number of carbonyl (C=O) groups is 1. The zero-order chi connectivity index (χ0) is 28.7. The van der Waals surface area contributed by atoms with Crippen molar-refractivity contribution in [1.29, 1.82) is 0 Å². The molecule has 0 aliphatic carbocycles. The standard InChI is InChI=1S/C29H21F3N6O2S/c1-17-4-3-5-18(2)27(17)38-25(39)15-41-28(38)36-34-14-19-6-11-22-23(35-19)12-13-24-26(22)33-16-37(24)20-7-9-21(10-8-20)40-29(30,31)32/h3-14,16H,15H2,1-2H3/b34-14?,36-28-. The van der Waals surface area contributed by atoms with E-state index >= 15 is 0 Å². The monoisotopic (exact) mass is 574 g/mol. The predicted molar refractivity (Wildman–Crippen MR) is 154 cm³/mol. The van der Waals surface area contributed by atoms with Crippen LogP contribution in [0.4, 0.5) is 18.9 Å². The molecule has 2 aromatic heterocycles. The second-order valence-corrected chi connectivity index (χ2v) is 10.2. The van der Waals surface area contributed by atoms with Crippen LogP contribution in [0.5, 0.6) is 5.75 Å². The lowest BCUT2D eigenvalue weighted by molar-refractivity contribution is -0.274. The van der Waals surface area contributed by atoms with E-state index in [1.54, 1.807) is 21.9 Å². The van der Waals surface area contributed by atoms with Crippen molar-refractivity contribution in [2.24, 2.45) is 10.2 Å². The smallest absolute Gasteiger partial charge is 0.406 e. The van der Waals surface area contributed by atoms with Gasteiger partial charge < -0.3 is 4.74 Å². The molecule has 206 valence electrons. The van der Waals surface area contributed by atoms with Crippen LogP contribution >= 0.6 is 11.8 Å². The number of fused-ring (bicyclic) bond motifs is 3. The number of hydrogen-bond acceptors (Lipinski definition) is 7. The molecule has 6 rings (SSSR count). The van der Waals surface area contributed by atoms with Crippen molar-refractivity contribution in [3.8, 4) is 11.4 Å². The molecule has 1 saturated heterocycles. The first kappa shape index (κ1) is 26.5. The number of amidine groups is 1. The minimum absolute atomic E-state index is 0.0424. The highest BCUT2D eigenvalue weighted by Gasteiger charge is 2.32. The molecule has 1 aliphatic heterocycles. The average Bonchev–Trinajstić information content (AvgIpc) is 3.52. The van der Waals surface area contributed by atoms with Crippen molar-refractivity contribution >= 4 is 56.7 Å². The summed E-state index contributed by atoms with van der Waals surface area (Å²) in [7, 11) is 0. The molecule has 1 aliphatic rings. The molecular weight excluding hydrogens is 553 g/mol. The maximum Gasteiger partial charge on any atom is 0.573 e. The molecule has 0 atom stereocenters. The summed E-state index contributed by atoms with van der Waals surface area (Å²) in [6.07, 6.45) is -1.61. The van der Waals surface area contributed by atoms with Crippen LogP contribution in [0.2, 0.25) is 0 Å². The Labute approximate surface area is 236 Å². The number of rotatable bonds is 5. The largest absolute Gasteiger partial charge is 0.573 e. The molecule has 3 aromatic carbocycles. The number of anilines is 1. The summed E-state index contributed by atoms with van der Waals surface area (Å²) in [6.45, 7) is 3.92. The minimum atomic E-state index is -4.75. The maximum atomic E-state index is 12.6. The Morgan fingerprint density at radius 3 is 2.49 bits per heavy atom. The van der Waals surface area contributed by atoms with E-state index in [1.165, 1.54) is 42.2 Å². The number of imidazole rings is 1. The van der Waals surface area contributed by atoms with Gasteiger partial charge in [-0.25, -0.2) is 9.97 Å². The summed E-state index contributed by atoms with van der Waals surface area (Å²) in [4.78, 5) is 23.4. The fourth-order valence-corrected chi connectivity index (χ4v) is 5.55. The highest BCUT2D eigenvalue weighted by atomic mass is 32.2. The van der Waals surface area contributed by atoms with Crippen LogP contribution in [0, 0.1) is 13.8 Å². The minimum Gasteiger partial charge on any atom is -0.406 e. The molecule has 3 heterocycles. The van der Waals surface area contributed by atoms with Crippen LogP contribution in [0.15, 0.2) is 83.3 Å². The number of alkyl halides is 3. The van der Waals surface area contributed by atoms with Gasteiger partial charge in [0, 0.05) is 11.1 Å². The van der Waals surface area contributed by atoms with Gasteiger partial charge in [-0.1, -0.05) is 30.0 Å². The predicted octanol–water partition coefficient (Wildman–Crippen LogP) is 6.56. The molecule has 0 bridgehead atoms. The van der Waals surface area contributed by atoms with Crippen molar-refractivity contribution in [3.63, 3.8) is 0 Å². The number of halogens is 3. The number of carbonyl (C=O) groups excluding carboxylic acids is 1. The van der Waals surface area contributed by atoms with Gasteiger partial charge in [0.2, 0.25) is 5.91 Å². The van der Waals surface area contributed by atoms with Gasteiger partial charge in [0.1, 0.15) is 12.1 Å². The SMILES string of the molecule is Cc1cccc(C)c1N1C(=O)CS/C1=N\N=Cc1ccc2c(ccc3c2ncn3-c2ccc(OC(F)(F)F)cc2)n1. The summed E-state index contributed by atoms with van der Waals surface area (Å²) < 4.78 is 43.2. The number of hydrogen-bond donors (Lipinski definition) is 0. The third-order valence-corrected chi connectivity index (χ3v) is 7.43. The summed E-state index contributed by atoms with van der Waals surface area (Å²) in [5, 5.41) is 9.86. The van der Waals surface area contributed by atoms with Crippen LogP contribution in [-0.4, -0.2) is 43.9 Å². The van der Waals surface area contributed by atoms with Crippen molar-refractivity contribution in [2.45, 2.75) is 20.2 Å². The van der Waals surface area contributed by atoms with Gasteiger partial charge in [-0.05, 0) is 73.5 Å². The van der Waals surface area contributed by atoms with E-state index in [2.05, 4.69) is 24.9 Å². The quantitative estimate of drug-likeness (QED) is 0.175. The number of amides is 1. The number of para-hydroxylation sites is 1. The molecule has 1 amide bonds. The fraction of sp³-hybridized carbons (Fsp3) is 0.138. The Kier molecular flexibility index (Phi) is 6.70. The summed E-state index contributed by atoms with van der Waals surface area (Å²) >= 11 is 1.34. The van der Waals surface area contributed by atoms with Gasteiger partial charge in [-0.2, -0.15) is 5.10 Å². The molecular formula is C29H21F3N6O2S. The van der Waals surface area contributed by atoms with Crippen LogP contribution in [0.3, 0.4) is 0 Å². The molecule has 0 unspecified atom stereocenters. The molecule has 0 saturated carbocycles. The average molecular weight is 575 g/mol. The first-order valence-corrected chi connectivity index (χ1v) is 13.4. The topological polar surface area (TPSA) is 85.0 Å². The van der Waals surface area contributed by atoms with E-state index in [4.69, 9.17) is 0 Å². The number of ether oxygens (including phenoxy) is 1.